The second-order valence-corrected chi connectivity index (χ2v) is 5.52. The molecule has 0 fully saturated rings. The molecule has 24 heavy (non-hydrogen) atoms. The van der Waals surface area contributed by atoms with Gasteiger partial charge in [-0.1, -0.05) is 12.1 Å². The fourth-order valence-corrected chi connectivity index (χ4v) is 2.14. The van der Waals surface area contributed by atoms with Crippen LogP contribution in [0.4, 0.5) is 0 Å². The van der Waals surface area contributed by atoms with Crippen LogP contribution in [0.1, 0.15) is 35.3 Å². The van der Waals surface area contributed by atoms with Crippen molar-refractivity contribution in [2.24, 2.45) is 0 Å². The smallest absolute Gasteiger partial charge is 0.251 e. The molecular formula is C19H20N2O3. The zero-order chi connectivity index (χ0) is 17.5. The highest BCUT2D eigenvalue weighted by atomic mass is 16.5. The Morgan fingerprint density at radius 1 is 1.17 bits per heavy atom. The highest BCUT2D eigenvalue weighted by molar-refractivity contribution is 5.94. The van der Waals surface area contributed by atoms with Gasteiger partial charge in [-0.15, -0.1) is 0 Å². The molecule has 0 aliphatic carbocycles. The Bertz CT molecular complexity index is 746. The van der Waals surface area contributed by atoms with Gasteiger partial charge in [0, 0.05) is 12.1 Å². The fraction of sp³-hybridized carbons (Fsp3) is 0.263. The molecule has 0 saturated heterocycles. The molecule has 2 aromatic rings. The maximum Gasteiger partial charge on any atom is 0.251 e. The lowest BCUT2D eigenvalue weighted by atomic mass is 10.1. The molecule has 5 heteroatoms. The average molecular weight is 324 g/mol. The van der Waals surface area contributed by atoms with Crippen LogP contribution in [0.25, 0.3) is 0 Å². The van der Waals surface area contributed by atoms with Gasteiger partial charge in [0.05, 0.1) is 24.8 Å². The van der Waals surface area contributed by atoms with E-state index in [2.05, 4.69) is 11.4 Å². The maximum absolute atomic E-state index is 12.3. The first kappa shape index (κ1) is 17.4. The Hall–Kier alpha value is -3.00. The van der Waals surface area contributed by atoms with Crippen molar-refractivity contribution in [1.29, 1.82) is 5.26 Å². The topological polar surface area (TPSA) is 71.3 Å². The van der Waals surface area contributed by atoms with Gasteiger partial charge in [0.25, 0.3) is 5.91 Å². The zero-order valence-electron chi connectivity index (χ0n) is 14.0. The summed E-state index contributed by atoms with van der Waals surface area (Å²) in [5, 5.41) is 11.6. The van der Waals surface area contributed by atoms with E-state index < -0.39 is 0 Å². The molecular weight excluding hydrogens is 304 g/mol. The molecule has 1 N–H and O–H groups in total. The number of nitrogens with zero attached hydrogens (tertiary/aromatic N) is 1. The van der Waals surface area contributed by atoms with Crippen LogP contribution in [-0.4, -0.2) is 19.1 Å². The maximum atomic E-state index is 12.3. The van der Waals surface area contributed by atoms with Crippen LogP contribution in [0, 0.1) is 11.3 Å². The predicted octanol–water partition coefficient (Wildman–Crippen LogP) is 3.28. The summed E-state index contributed by atoms with van der Waals surface area (Å²) in [5.74, 6) is 0.930. The molecule has 0 aliphatic heterocycles. The van der Waals surface area contributed by atoms with E-state index in [0.29, 0.717) is 29.2 Å². The summed E-state index contributed by atoms with van der Waals surface area (Å²) in [5.41, 5.74) is 2.02. The van der Waals surface area contributed by atoms with Gasteiger partial charge in [0.15, 0.2) is 11.5 Å². The standard InChI is InChI=1S/C19H20N2O3/c1-13(2)24-17-9-8-16(10-18(17)23-3)19(22)21-12-15-6-4-14(11-20)5-7-15/h4-10,13H,12H2,1-3H3,(H,21,22). The predicted molar refractivity (Wildman–Crippen MR) is 91.1 cm³/mol. The first-order chi connectivity index (χ1) is 11.5. The van der Waals surface area contributed by atoms with Gasteiger partial charge in [-0.2, -0.15) is 5.26 Å². The van der Waals surface area contributed by atoms with E-state index in [0.717, 1.165) is 5.56 Å². The summed E-state index contributed by atoms with van der Waals surface area (Å²) < 4.78 is 10.9. The highest BCUT2D eigenvalue weighted by Gasteiger charge is 2.12. The Kier molecular flexibility index (Phi) is 5.80. The Labute approximate surface area is 141 Å². The van der Waals surface area contributed by atoms with Gasteiger partial charge in [-0.05, 0) is 49.7 Å². The second-order valence-electron chi connectivity index (χ2n) is 5.52. The van der Waals surface area contributed by atoms with E-state index in [-0.39, 0.29) is 12.0 Å². The minimum atomic E-state index is -0.200. The third-order valence-corrected chi connectivity index (χ3v) is 3.32. The van der Waals surface area contributed by atoms with Crippen LogP contribution >= 0.6 is 0 Å². The van der Waals surface area contributed by atoms with E-state index in [1.54, 1.807) is 37.4 Å². The van der Waals surface area contributed by atoms with Gasteiger partial charge >= 0.3 is 0 Å². The molecule has 0 saturated carbocycles. The molecule has 1 amide bonds. The third-order valence-electron chi connectivity index (χ3n) is 3.32. The number of ether oxygens (including phenoxy) is 2. The lowest BCUT2D eigenvalue weighted by Crippen LogP contribution is -2.22. The summed E-state index contributed by atoms with van der Waals surface area (Å²) >= 11 is 0. The van der Waals surface area contributed by atoms with Crippen molar-refractivity contribution in [3.63, 3.8) is 0 Å². The lowest BCUT2D eigenvalue weighted by molar-refractivity contribution is 0.0950. The van der Waals surface area contributed by atoms with Crippen molar-refractivity contribution in [1.82, 2.24) is 5.32 Å². The SMILES string of the molecule is COc1cc(C(=O)NCc2ccc(C#N)cc2)ccc1OC(C)C. The van der Waals surface area contributed by atoms with Crippen LogP contribution in [-0.2, 0) is 6.54 Å². The quantitative estimate of drug-likeness (QED) is 0.885. The largest absolute Gasteiger partial charge is 0.493 e. The number of nitriles is 1. The molecule has 0 spiro atoms. The summed E-state index contributed by atoms with van der Waals surface area (Å²) in [6.07, 6.45) is 0.0231. The number of benzene rings is 2. The van der Waals surface area contributed by atoms with Gasteiger partial charge in [0.2, 0.25) is 0 Å². The van der Waals surface area contributed by atoms with Crippen LogP contribution in [0.5, 0.6) is 11.5 Å². The first-order valence-electron chi connectivity index (χ1n) is 7.65. The summed E-state index contributed by atoms with van der Waals surface area (Å²) in [7, 11) is 1.54. The second kappa shape index (κ2) is 8.02. The van der Waals surface area contributed by atoms with Gasteiger partial charge in [-0.25, -0.2) is 0 Å². The van der Waals surface area contributed by atoms with E-state index >= 15 is 0 Å². The first-order valence-corrected chi connectivity index (χ1v) is 7.65. The number of methoxy groups -OCH3 is 1. The van der Waals surface area contributed by atoms with E-state index in [1.165, 1.54) is 0 Å². The molecule has 0 radical (unpaired) electrons. The Morgan fingerprint density at radius 2 is 1.88 bits per heavy atom. The van der Waals surface area contributed by atoms with Gasteiger partial charge < -0.3 is 14.8 Å². The number of carbonyl (C=O) groups excluding carboxylic acids is 1. The summed E-state index contributed by atoms with van der Waals surface area (Å²) in [6.45, 7) is 4.24. The fourth-order valence-electron chi connectivity index (χ4n) is 2.14. The van der Waals surface area contributed by atoms with Crippen molar-refractivity contribution >= 4 is 5.91 Å². The molecule has 124 valence electrons. The van der Waals surface area contributed by atoms with Gasteiger partial charge in [-0.3, -0.25) is 4.79 Å². The zero-order valence-corrected chi connectivity index (χ0v) is 14.0. The summed E-state index contributed by atoms with van der Waals surface area (Å²) in [6, 6.07) is 14.2. The number of hydrogen-bond donors (Lipinski definition) is 1. The third kappa shape index (κ3) is 4.50. The van der Waals surface area contributed by atoms with E-state index in [4.69, 9.17) is 14.7 Å². The molecule has 0 aliphatic rings. The van der Waals surface area contributed by atoms with Crippen molar-refractivity contribution < 1.29 is 14.3 Å². The van der Waals surface area contributed by atoms with Crippen molar-refractivity contribution in [2.45, 2.75) is 26.5 Å². The average Bonchev–Trinajstić information content (AvgIpc) is 2.60. The molecule has 0 atom stereocenters. The molecule has 5 nitrogen and oxygen atoms in total. The molecule has 0 bridgehead atoms. The number of nitrogens with one attached hydrogen (secondary N) is 1. The molecule has 0 aromatic heterocycles. The Balaban J connectivity index is 2.04. The highest BCUT2D eigenvalue weighted by Crippen LogP contribution is 2.28. The normalized spacial score (nSPS) is 10.1. The molecule has 2 rings (SSSR count). The van der Waals surface area contributed by atoms with E-state index in [1.807, 2.05) is 26.0 Å². The van der Waals surface area contributed by atoms with E-state index in [9.17, 15) is 4.79 Å². The van der Waals surface area contributed by atoms with Crippen molar-refractivity contribution in [3.05, 3.63) is 59.2 Å². The van der Waals surface area contributed by atoms with Crippen LogP contribution in [0.2, 0.25) is 0 Å². The van der Waals surface area contributed by atoms with Crippen LogP contribution < -0.4 is 14.8 Å². The number of amides is 1. The Morgan fingerprint density at radius 3 is 2.46 bits per heavy atom. The minimum absolute atomic E-state index is 0.0231. The van der Waals surface area contributed by atoms with Crippen LogP contribution in [0.15, 0.2) is 42.5 Å². The number of rotatable bonds is 6. The monoisotopic (exact) mass is 324 g/mol. The van der Waals surface area contributed by atoms with Crippen molar-refractivity contribution in [3.8, 4) is 17.6 Å². The number of carbonyl (C=O) groups is 1. The minimum Gasteiger partial charge on any atom is -0.493 e. The lowest BCUT2D eigenvalue weighted by Gasteiger charge is -2.14. The van der Waals surface area contributed by atoms with Gasteiger partial charge in [0.1, 0.15) is 0 Å². The molecule has 0 unspecified atom stereocenters. The van der Waals surface area contributed by atoms with Crippen molar-refractivity contribution in [2.75, 3.05) is 7.11 Å². The molecule has 0 heterocycles. The summed E-state index contributed by atoms with van der Waals surface area (Å²) in [4.78, 5) is 12.3. The number of hydrogen-bond acceptors (Lipinski definition) is 4. The molecule has 2 aromatic carbocycles. The van der Waals surface area contributed by atoms with Crippen LogP contribution in [0.3, 0.4) is 0 Å².